The summed E-state index contributed by atoms with van der Waals surface area (Å²) >= 11 is 0. The van der Waals surface area contributed by atoms with E-state index < -0.39 is 5.54 Å². The van der Waals surface area contributed by atoms with Crippen LogP contribution in [0, 0.1) is 5.92 Å². The van der Waals surface area contributed by atoms with Gasteiger partial charge in [-0.05, 0) is 65.6 Å². The number of likely N-dealkylation sites (N-methyl/N-ethyl adjacent to an activating group) is 1. The lowest BCUT2D eigenvalue weighted by Gasteiger charge is -2.29. The number of amides is 1. The number of nitrogens with zero attached hydrogens (tertiary/aromatic N) is 1. The molecule has 0 radical (unpaired) electrons. The number of rotatable bonds is 9. The van der Waals surface area contributed by atoms with E-state index in [1.165, 1.54) is 12.8 Å². The summed E-state index contributed by atoms with van der Waals surface area (Å²) in [6.07, 6.45) is 4.56. The van der Waals surface area contributed by atoms with Gasteiger partial charge in [-0.1, -0.05) is 6.92 Å². The molecule has 1 saturated carbocycles. The molecule has 4 heteroatoms. The van der Waals surface area contributed by atoms with E-state index in [-0.39, 0.29) is 5.91 Å². The van der Waals surface area contributed by atoms with Crippen molar-refractivity contribution in [1.29, 1.82) is 0 Å². The summed E-state index contributed by atoms with van der Waals surface area (Å²) < 4.78 is 0. The van der Waals surface area contributed by atoms with Crippen molar-refractivity contribution >= 4 is 5.91 Å². The minimum absolute atomic E-state index is 0.248. The SMILES string of the molecule is CCNC(C)(CCCN(C)C(C)C1CC1)C(N)=O. The zero-order valence-corrected chi connectivity index (χ0v) is 12.3. The highest BCUT2D eigenvalue weighted by Gasteiger charge is 2.32. The van der Waals surface area contributed by atoms with Crippen molar-refractivity contribution in [2.24, 2.45) is 11.7 Å². The monoisotopic (exact) mass is 255 g/mol. The molecule has 0 spiro atoms. The van der Waals surface area contributed by atoms with Gasteiger partial charge in [0, 0.05) is 6.04 Å². The molecule has 0 aromatic rings. The van der Waals surface area contributed by atoms with E-state index in [0.717, 1.165) is 31.8 Å². The Labute approximate surface area is 111 Å². The van der Waals surface area contributed by atoms with Gasteiger partial charge in [0.15, 0.2) is 0 Å². The maximum atomic E-state index is 11.5. The first-order chi connectivity index (χ1) is 8.40. The highest BCUT2D eigenvalue weighted by molar-refractivity contribution is 5.84. The molecule has 106 valence electrons. The second-order valence-corrected chi connectivity index (χ2v) is 5.89. The van der Waals surface area contributed by atoms with Crippen LogP contribution in [-0.2, 0) is 4.79 Å². The summed E-state index contributed by atoms with van der Waals surface area (Å²) in [6.45, 7) is 8.01. The number of primary amides is 1. The van der Waals surface area contributed by atoms with Gasteiger partial charge in [0.2, 0.25) is 5.91 Å². The van der Waals surface area contributed by atoms with E-state index in [2.05, 4.69) is 24.2 Å². The number of hydrogen-bond acceptors (Lipinski definition) is 3. The first kappa shape index (κ1) is 15.4. The molecular formula is C14H29N3O. The molecule has 0 bridgehead atoms. The second kappa shape index (κ2) is 6.53. The highest BCUT2D eigenvalue weighted by atomic mass is 16.1. The molecule has 1 aliphatic rings. The minimum Gasteiger partial charge on any atom is -0.368 e. The van der Waals surface area contributed by atoms with Crippen molar-refractivity contribution in [1.82, 2.24) is 10.2 Å². The van der Waals surface area contributed by atoms with Crippen molar-refractivity contribution in [2.45, 2.75) is 58.0 Å². The molecule has 0 aliphatic heterocycles. The van der Waals surface area contributed by atoms with Crippen LogP contribution < -0.4 is 11.1 Å². The molecule has 2 unspecified atom stereocenters. The standard InChI is InChI=1S/C14H29N3O/c1-5-16-14(3,13(15)18)9-6-10-17(4)11(2)12-7-8-12/h11-12,16H,5-10H2,1-4H3,(H2,15,18). The van der Waals surface area contributed by atoms with Gasteiger partial charge in [0.05, 0.1) is 5.54 Å². The van der Waals surface area contributed by atoms with E-state index in [4.69, 9.17) is 5.73 Å². The van der Waals surface area contributed by atoms with E-state index in [9.17, 15) is 4.79 Å². The molecule has 0 aromatic carbocycles. The summed E-state index contributed by atoms with van der Waals surface area (Å²) in [7, 11) is 2.18. The van der Waals surface area contributed by atoms with Gasteiger partial charge in [-0.3, -0.25) is 4.79 Å². The van der Waals surface area contributed by atoms with Gasteiger partial charge in [0.25, 0.3) is 0 Å². The fraction of sp³-hybridized carbons (Fsp3) is 0.929. The zero-order valence-electron chi connectivity index (χ0n) is 12.3. The Hall–Kier alpha value is -0.610. The lowest BCUT2D eigenvalue weighted by molar-refractivity contribution is -0.124. The maximum absolute atomic E-state index is 11.5. The average molecular weight is 255 g/mol. The fourth-order valence-corrected chi connectivity index (χ4v) is 2.51. The number of nitrogens with one attached hydrogen (secondary N) is 1. The van der Waals surface area contributed by atoms with Crippen LogP contribution in [0.25, 0.3) is 0 Å². The van der Waals surface area contributed by atoms with Crippen molar-refractivity contribution in [3.63, 3.8) is 0 Å². The Morgan fingerprint density at radius 1 is 1.56 bits per heavy atom. The second-order valence-electron chi connectivity index (χ2n) is 5.89. The number of carbonyl (C=O) groups is 1. The molecule has 1 aliphatic carbocycles. The lowest BCUT2D eigenvalue weighted by atomic mass is 9.94. The minimum atomic E-state index is -0.557. The summed E-state index contributed by atoms with van der Waals surface area (Å²) in [6, 6.07) is 0.670. The predicted octanol–water partition coefficient (Wildman–Crippen LogP) is 1.35. The van der Waals surface area contributed by atoms with Gasteiger partial charge >= 0.3 is 0 Å². The topological polar surface area (TPSA) is 58.4 Å². The Kier molecular flexibility index (Phi) is 5.60. The number of carbonyl (C=O) groups excluding carboxylic acids is 1. The molecular weight excluding hydrogens is 226 g/mol. The smallest absolute Gasteiger partial charge is 0.237 e. The van der Waals surface area contributed by atoms with Crippen LogP contribution >= 0.6 is 0 Å². The highest BCUT2D eigenvalue weighted by Crippen LogP contribution is 2.34. The molecule has 0 heterocycles. The zero-order chi connectivity index (χ0) is 13.8. The van der Waals surface area contributed by atoms with E-state index in [1.54, 1.807) is 0 Å². The Morgan fingerprint density at radius 2 is 2.17 bits per heavy atom. The van der Waals surface area contributed by atoms with Gasteiger partial charge in [-0.25, -0.2) is 0 Å². The largest absolute Gasteiger partial charge is 0.368 e. The van der Waals surface area contributed by atoms with Crippen molar-refractivity contribution < 1.29 is 4.79 Å². The van der Waals surface area contributed by atoms with Crippen molar-refractivity contribution in [3.05, 3.63) is 0 Å². The molecule has 2 atom stereocenters. The molecule has 4 nitrogen and oxygen atoms in total. The molecule has 1 rings (SSSR count). The average Bonchev–Trinajstić information content (AvgIpc) is 3.11. The Morgan fingerprint density at radius 3 is 2.61 bits per heavy atom. The summed E-state index contributed by atoms with van der Waals surface area (Å²) in [5, 5.41) is 3.20. The third-order valence-corrected chi connectivity index (χ3v) is 4.30. The molecule has 0 saturated heterocycles. The first-order valence-electron chi connectivity index (χ1n) is 7.16. The quantitative estimate of drug-likeness (QED) is 0.654. The van der Waals surface area contributed by atoms with E-state index in [1.807, 2.05) is 13.8 Å². The molecule has 18 heavy (non-hydrogen) atoms. The van der Waals surface area contributed by atoms with Gasteiger partial charge < -0.3 is 16.0 Å². The van der Waals surface area contributed by atoms with E-state index in [0.29, 0.717) is 6.04 Å². The van der Waals surface area contributed by atoms with Crippen LogP contribution in [0.2, 0.25) is 0 Å². The first-order valence-corrected chi connectivity index (χ1v) is 7.16. The fourth-order valence-electron chi connectivity index (χ4n) is 2.51. The van der Waals surface area contributed by atoms with Crippen molar-refractivity contribution in [2.75, 3.05) is 20.1 Å². The lowest BCUT2D eigenvalue weighted by Crippen LogP contribution is -2.53. The Bertz CT molecular complexity index is 278. The van der Waals surface area contributed by atoms with Crippen molar-refractivity contribution in [3.8, 4) is 0 Å². The third kappa shape index (κ3) is 4.25. The normalized spacial score (nSPS) is 20.7. The maximum Gasteiger partial charge on any atom is 0.237 e. The summed E-state index contributed by atoms with van der Waals surface area (Å²) in [4.78, 5) is 13.9. The third-order valence-electron chi connectivity index (χ3n) is 4.30. The van der Waals surface area contributed by atoms with Crippen LogP contribution in [0.5, 0.6) is 0 Å². The van der Waals surface area contributed by atoms with Crippen LogP contribution in [-0.4, -0.2) is 42.5 Å². The van der Waals surface area contributed by atoms with Gasteiger partial charge in [-0.2, -0.15) is 0 Å². The van der Waals surface area contributed by atoms with Crippen LogP contribution in [0.4, 0.5) is 0 Å². The van der Waals surface area contributed by atoms with Gasteiger partial charge in [0.1, 0.15) is 0 Å². The molecule has 0 aromatic heterocycles. The summed E-state index contributed by atoms with van der Waals surface area (Å²) in [5.74, 6) is 0.647. The van der Waals surface area contributed by atoms with Crippen LogP contribution in [0.3, 0.4) is 0 Å². The molecule has 1 amide bonds. The Balaban J connectivity index is 2.31. The van der Waals surface area contributed by atoms with Gasteiger partial charge in [-0.15, -0.1) is 0 Å². The van der Waals surface area contributed by atoms with Crippen LogP contribution in [0.1, 0.15) is 46.5 Å². The van der Waals surface area contributed by atoms with Crippen LogP contribution in [0.15, 0.2) is 0 Å². The molecule has 3 N–H and O–H groups in total. The summed E-state index contributed by atoms with van der Waals surface area (Å²) in [5.41, 5.74) is 4.92. The molecule has 1 fully saturated rings. The number of hydrogen-bond donors (Lipinski definition) is 2. The van der Waals surface area contributed by atoms with E-state index >= 15 is 0 Å². The predicted molar refractivity (Wildman–Crippen MR) is 75.3 cm³/mol. The number of nitrogens with two attached hydrogens (primary N) is 1.